The van der Waals surface area contributed by atoms with Gasteiger partial charge in [-0.05, 0) is 76.8 Å². The second-order valence-electron chi connectivity index (χ2n) is 13.9. The van der Waals surface area contributed by atoms with Crippen LogP contribution in [0.2, 0.25) is 0 Å². The molecule has 0 spiro atoms. The van der Waals surface area contributed by atoms with Crippen LogP contribution in [0.5, 0.6) is 5.75 Å². The molecule has 3 rings (SSSR count). The number of fused-ring (bicyclic) bond motifs is 1. The zero-order chi connectivity index (χ0) is 39.5. The van der Waals surface area contributed by atoms with Gasteiger partial charge in [0.25, 0.3) is 0 Å². The lowest BCUT2D eigenvalue weighted by Gasteiger charge is -2.35. The van der Waals surface area contributed by atoms with Crippen LogP contribution in [0.15, 0.2) is 56.6 Å². The van der Waals surface area contributed by atoms with Crippen LogP contribution in [0.25, 0.3) is 22.1 Å². The van der Waals surface area contributed by atoms with Crippen molar-refractivity contribution >= 4 is 28.7 Å². The molecule has 0 saturated heterocycles. The number of aryl methyl sites for hydroxylation is 1. The molecule has 0 aliphatic rings. The van der Waals surface area contributed by atoms with Crippen LogP contribution in [0.1, 0.15) is 65.9 Å². The van der Waals surface area contributed by atoms with Gasteiger partial charge in [-0.1, -0.05) is 38.0 Å². The molecule has 1 atom stereocenters. The topological polar surface area (TPSA) is 118 Å². The maximum Gasteiger partial charge on any atom is 0.573 e. The number of esters is 1. The summed E-state index contributed by atoms with van der Waals surface area (Å²) in [6.45, 7) is 5.32. The standard InChI is InChI=1S/C35H41F9N2O5S/c1-6-7-8-9-20-10-13-23(27(14-20)51-35(42,43)44)24-15-21-11-12-22(16-26(21)50-28(24)47)52-19-33(38,39)34(40,41)32(36,37)18-49-29(48)25(31(4,5)46)17-30(2,3)45/h10-16,25H,6-9,17-19,45-46H2,1-5H3. The number of unbranched alkanes of at least 4 members (excludes halogenated alkanes) is 2. The van der Waals surface area contributed by atoms with Crippen LogP contribution in [-0.2, 0) is 16.0 Å². The number of alkyl halides is 9. The van der Waals surface area contributed by atoms with Gasteiger partial charge in [-0.15, -0.1) is 24.9 Å². The van der Waals surface area contributed by atoms with Gasteiger partial charge in [0.2, 0.25) is 0 Å². The van der Waals surface area contributed by atoms with E-state index in [1.807, 2.05) is 6.92 Å². The maximum atomic E-state index is 14.8. The predicted octanol–water partition coefficient (Wildman–Crippen LogP) is 9.11. The highest BCUT2D eigenvalue weighted by Crippen LogP contribution is 2.48. The highest BCUT2D eigenvalue weighted by atomic mass is 32.2. The molecule has 4 N–H and O–H groups in total. The number of carbonyl (C=O) groups excluding carboxylic acids is 1. The fourth-order valence-electron chi connectivity index (χ4n) is 5.16. The van der Waals surface area contributed by atoms with Crippen molar-refractivity contribution in [3.05, 3.63) is 58.4 Å². The molecular weight excluding hydrogens is 731 g/mol. The fourth-order valence-corrected chi connectivity index (χ4v) is 6.05. The van der Waals surface area contributed by atoms with Crippen LogP contribution >= 0.6 is 11.8 Å². The largest absolute Gasteiger partial charge is 0.573 e. The Bertz CT molecular complexity index is 1770. The smallest absolute Gasteiger partial charge is 0.459 e. The number of rotatable bonds is 17. The number of halogens is 9. The van der Waals surface area contributed by atoms with Crippen molar-refractivity contribution in [2.45, 2.75) is 107 Å². The normalized spacial score (nSPS) is 14.1. The second-order valence-corrected chi connectivity index (χ2v) is 15.0. The molecule has 0 aliphatic heterocycles. The Labute approximate surface area is 298 Å². The maximum absolute atomic E-state index is 14.8. The van der Waals surface area contributed by atoms with E-state index in [0.29, 0.717) is 18.4 Å². The zero-order valence-electron chi connectivity index (χ0n) is 29.1. The lowest BCUT2D eigenvalue weighted by molar-refractivity contribution is -0.310. The van der Waals surface area contributed by atoms with Crippen LogP contribution < -0.4 is 21.8 Å². The number of hydrogen-bond acceptors (Lipinski definition) is 8. The van der Waals surface area contributed by atoms with E-state index in [1.54, 1.807) is 6.07 Å². The fraction of sp³-hybridized carbons (Fsp3) is 0.543. The van der Waals surface area contributed by atoms with Crippen molar-refractivity contribution in [1.29, 1.82) is 0 Å². The van der Waals surface area contributed by atoms with Gasteiger partial charge >= 0.3 is 35.7 Å². The third kappa shape index (κ3) is 11.0. The van der Waals surface area contributed by atoms with E-state index in [-0.39, 0.29) is 45.2 Å². The van der Waals surface area contributed by atoms with Crippen molar-refractivity contribution in [2.75, 3.05) is 12.4 Å². The average molecular weight is 773 g/mol. The molecule has 2 aromatic carbocycles. The highest BCUT2D eigenvalue weighted by Gasteiger charge is 2.71. The van der Waals surface area contributed by atoms with Gasteiger partial charge in [-0.25, -0.2) is 4.79 Å². The number of nitrogens with two attached hydrogens (primary N) is 2. The summed E-state index contributed by atoms with van der Waals surface area (Å²) in [4.78, 5) is 25.3. The molecule has 1 aromatic heterocycles. The molecule has 3 aromatic rings. The van der Waals surface area contributed by atoms with E-state index in [1.165, 1.54) is 52.0 Å². The van der Waals surface area contributed by atoms with Crippen LogP contribution in [0.3, 0.4) is 0 Å². The van der Waals surface area contributed by atoms with Gasteiger partial charge in [0.05, 0.1) is 17.2 Å². The molecule has 1 heterocycles. The summed E-state index contributed by atoms with van der Waals surface area (Å²) in [5, 5.41) is 0.117. The zero-order valence-corrected chi connectivity index (χ0v) is 29.9. The molecule has 0 saturated carbocycles. The number of ether oxygens (including phenoxy) is 2. The lowest BCUT2D eigenvalue weighted by atomic mass is 9.80. The molecular formula is C35H41F9N2O5S. The highest BCUT2D eigenvalue weighted by molar-refractivity contribution is 7.99. The van der Waals surface area contributed by atoms with Crippen LogP contribution in [0, 0.1) is 5.92 Å². The van der Waals surface area contributed by atoms with E-state index < -0.39 is 70.8 Å². The Hall–Kier alpha value is -3.44. The van der Waals surface area contributed by atoms with Crippen molar-refractivity contribution in [2.24, 2.45) is 17.4 Å². The summed E-state index contributed by atoms with van der Waals surface area (Å²) < 4.78 is 142. The molecule has 52 heavy (non-hydrogen) atoms. The Morgan fingerprint density at radius 3 is 2.10 bits per heavy atom. The second kappa shape index (κ2) is 15.9. The van der Waals surface area contributed by atoms with Gasteiger partial charge in [0.1, 0.15) is 11.3 Å². The van der Waals surface area contributed by atoms with E-state index in [9.17, 15) is 49.1 Å². The van der Waals surface area contributed by atoms with E-state index in [2.05, 4.69) is 9.47 Å². The molecule has 0 amide bonds. The number of carbonyl (C=O) groups is 1. The summed E-state index contributed by atoms with van der Waals surface area (Å²) in [6, 6.07) is 8.55. The first-order chi connectivity index (χ1) is 23.7. The monoisotopic (exact) mass is 772 g/mol. The molecule has 0 fully saturated rings. The minimum absolute atomic E-state index is 0.0405. The van der Waals surface area contributed by atoms with E-state index in [4.69, 9.17) is 15.9 Å². The van der Waals surface area contributed by atoms with E-state index in [0.717, 1.165) is 25.0 Å². The molecule has 0 aliphatic carbocycles. The first-order valence-corrected chi connectivity index (χ1v) is 17.1. The summed E-state index contributed by atoms with van der Waals surface area (Å²) in [6.07, 6.45) is -2.36. The Balaban J connectivity index is 1.81. The van der Waals surface area contributed by atoms with Crippen LogP contribution in [-0.4, -0.2) is 53.5 Å². The van der Waals surface area contributed by atoms with Crippen molar-refractivity contribution in [1.82, 2.24) is 0 Å². The number of thioether (sulfide) groups is 1. The quantitative estimate of drug-likeness (QED) is 0.0459. The lowest BCUT2D eigenvalue weighted by Crippen LogP contribution is -2.58. The predicted molar refractivity (Wildman–Crippen MR) is 179 cm³/mol. The molecule has 17 heteroatoms. The summed E-state index contributed by atoms with van der Waals surface area (Å²) >= 11 is 0.0405. The van der Waals surface area contributed by atoms with Gasteiger partial charge < -0.3 is 25.4 Å². The van der Waals surface area contributed by atoms with Gasteiger partial charge in [0.15, 0.2) is 6.61 Å². The number of benzene rings is 2. The Morgan fingerprint density at radius 1 is 0.865 bits per heavy atom. The average Bonchev–Trinajstić information content (AvgIpc) is 2.99. The van der Waals surface area contributed by atoms with Crippen molar-refractivity contribution in [3.63, 3.8) is 0 Å². The number of hydrogen-bond donors (Lipinski definition) is 2. The van der Waals surface area contributed by atoms with Gasteiger partial charge in [0, 0.05) is 26.9 Å². The molecule has 0 radical (unpaired) electrons. The molecule has 290 valence electrons. The van der Waals surface area contributed by atoms with Gasteiger partial charge in [-0.3, -0.25) is 4.79 Å². The van der Waals surface area contributed by atoms with Crippen molar-refractivity contribution < 1.29 is 58.2 Å². The third-order valence-corrected chi connectivity index (χ3v) is 9.08. The summed E-state index contributed by atoms with van der Waals surface area (Å²) in [7, 11) is 0. The molecule has 7 nitrogen and oxygen atoms in total. The Morgan fingerprint density at radius 2 is 1.52 bits per heavy atom. The summed E-state index contributed by atoms with van der Waals surface area (Å²) in [5.41, 5.74) is 8.00. The molecule has 0 bridgehead atoms. The SMILES string of the molecule is CCCCCc1ccc(-c2cc3ccc(SCC(F)(F)C(F)(F)C(F)(F)COC(=O)C(CC(C)(C)N)C(C)(C)N)cc3oc2=O)c(OC(F)(F)F)c1. The first-order valence-electron chi connectivity index (χ1n) is 16.1. The third-order valence-electron chi connectivity index (χ3n) is 7.99. The van der Waals surface area contributed by atoms with Crippen LogP contribution in [0.4, 0.5) is 39.5 Å². The van der Waals surface area contributed by atoms with Gasteiger partial charge in [-0.2, -0.15) is 26.3 Å². The van der Waals surface area contributed by atoms with E-state index >= 15 is 0 Å². The molecule has 1 unspecified atom stereocenters. The summed E-state index contributed by atoms with van der Waals surface area (Å²) in [5.74, 6) is -22.1. The Kier molecular flexibility index (Phi) is 13.1. The first kappa shape index (κ1) is 43.0. The van der Waals surface area contributed by atoms with Crippen molar-refractivity contribution in [3.8, 4) is 16.9 Å². The minimum atomic E-state index is -5.99. The minimum Gasteiger partial charge on any atom is -0.459 e.